The molecular weight excluding hydrogens is 324 g/mol. The average Bonchev–Trinajstić information content (AvgIpc) is 2.12. The zero-order chi connectivity index (χ0) is 16.6. The molecule has 0 nitrogen and oxygen atoms in total. The van der Waals surface area contributed by atoms with Gasteiger partial charge in [-0.3, -0.25) is 0 Å². The van der Waals surface area contributed by atoms with Crippen LogP contribution in [0.1, 0.15) is 0 Å². The predicted octanol–water partition coefficient (Wildman–Crippen LogP) is 4.82. The lowest BCUT2D eigenvalue weighted by atomic mass is 9.80. The zero-order valence-corrected chi connectivity index (χ0v) is 8.84. The van der Waals surface area contributed by atoms with Gasteiger partial charge in [-0.25, -0.2) is 17.6 Å². The molecule has 0 aromatic carbocycles. The lowest BCUT2D eigenvalue weighted by Crippen LogP contribution is -2.58. The van der Waals surface area contributed by atoms with E-state index in [1.54, 1.807) is 0 Å². The van der Waals surface area contributed by atoms with Crippen LogP contribution in [0.2, 0.25) is 0 Å². The van der Waals surface area contributed by atoms with E-state index < -0.39 is 48.7 Å². The van der Waals surface area contributed by atoms with Crippen molar-refractivity contribution in [1.29, 1.82) is 0 Å². The van der Waals surface area contributed by atoms with E-state index >= 15 is 0 Å². The van der Waals surface area contributed by atoms with Gasteiger partial charge in [0.15, 0.2) is 5.41 Å². The third-order valence-electron chi connectivity index (χ3n) is 2.17. The number of allylic oxidation sites excluding steroid dienone is 2. The molecule has 0 spiro atoms. The van der Waals surface area contributed by atoms with E-state index in [1.165, 1.54) is 0 Å². The Balaban J connectivity index is 6.15. The molecule has 0 aromatic heterocycles. The molecule has 0 amide bonds. The summed E-state index contributed by atoms with van der Waals surface area (Å²) in [6.45, 7) is 0. The molecule has 0 unspecified atom stereocenters. The van der Waals surface area contributed by atoms with Crippen molar-refractivity contribution in [2.75, 3.05) is 0 Å². The maximum atomic E-state index is 12.8. The fourth-order valence-corrected chi connectivity index (χ4v) is 1.10. The van der Waals surface area contributed by atoms with Crippen molar-refractivity contribution in [3.8, 4) is 0 Å². The molecule has 0 N–H and O–H groups in total. The van der Waals surface area contributed by atoms with Gasteiger partial charge >= 0.3 is 18.3 Å². The number of alkyl halides is 12. The topological polar surface area (TPSA) is 0 Å². The molecule has 20 heavy (non-hydrogen) atoms. The van der Waals surface area contributed by atoms with Gasteiger partial charge < -0.3 is 0 Å². The van der Waals surface area contributed by atoms with Gasteiger partial charge in [-0.2, -0.15) is 35.1 Å². The molecular formula is C8H4F12. The third kappa shape index (κ3) is 3.32. The maximum Gasteiger partial charge on any atom is 0.454 e. The van der Waals surface area contributed by atoms with Gasteiger partial charge in [0.25, 0.3) is 12.9 Å². The van der Waals surface area contributed by atoms with Crippen molar-refractivity contribution in [1.82, 2.24) is 0 Å². The summed E-state index contributed by atoms with van der Waals surface area (Å²) >= 11 is 0. The van der Waals surface area contributed by atoms with Crippen LogP contribution in [0.25, 0.3) is 0 Å². The second-order valence-corrected chi connectivity index (χ2v) is 3.48. The Kier molecular flexibility index (Phi) is 5.06. The predicted molar refractivity (Wildman–Crippen MR) is 40.6 cm³/mol. The van der Waals surface area contributed by atoms with Gasteiger partial charge in [0.05, 0.1) is 0 Å². The van der Waals surface area contributed by atoms with Crippen molar-refractivity contribution in [2.45, 2.75) is 31.1 Å². The van der Waals surface area contributed by atoms with Crippen LogP contribution in [0, 0.1) is 5.41 Å². The second-order valence-electron chi connectivity index (χ2n) is 3.48. The van der Waals surface area contributed by atoms with Crippen LogP contribution in [0.3, 0.4) is 0 Å². The van der Waals surface area contributed by atoms with Crippen molar-refractivity contribution in [3.05, 3.63) is 12.2 Å². The van der Waals surface area contributed by atoms with Crippen LogP contribution < -0.4 is 0 Å². The van der Waals surface area contributed by atoms with Gasteiger partial charge in [-0.1, -0.05) is 6.08 Å². The maximum absolute atomic E-state index is 12.8. The van der Waals surface area contributed by atoms with E-state index in [9.17, 15) is 52.7 Å². The Morgan fingerprint density at radius 2 is 0.950 bits per heavy atom. The molecule has 0 bridgehead atoms. The Morgan fingerprint density at radius 3 is 1.15 bits per heavy atom. The first-order valence-electron chi connectivity index (χ1n) is 4.37. The summed E-state index contributed by atoms with van der Waals surface area (Å²) in [5.41, 5.74) is -5.64. The molecule has 0 atom stereocenters. The number of hydrogen-bond acceptors (Lipinski definition) is 0. The van der Waals surface area contributed by atoms with Crippen molar-refractivity contribution in [2.24, 2.45) is 5.41 Å². The Bertz CT molecular complexity index is 337. The second kappa shape index (κ2) is 5.35. The molecule has 0 radical (unpaired) electrons. The zero-order valence-electron chi connectivity index (χ0n) is 8.84. The first-order valence-corrected chi connectivity index (χ1v) is 4.37. The highest BCUT2D eigenvalue weighted by molar-refractivity contribution is 5.14. The molecule has 0 aliphatic heterocycles. The molecule has 0 saturated carbocycles. The molecule has 0 saturated heterocycles. The van der Waals surface area contributed by atoms with E-state index in [0.717, 1.165) is 0 Å². The number of halogens is 12. The van der Waals surface area contributed by atoms with Crippen molar-refractivity contribution < 1.29 is 52.7 Å². The lowest BCUT2D eigenvalue weighted by molar-refractivity contribution is -0.351. The van der Waals surface area contributed by atoms with Gasteiger partial charge in [0.1, 0.15) is 0 Å². The summed E-state index contributed by atoms with van der Waals surface area (Å²) in [5, 5.41) is 0. The molecule has 0 rings (SSSR count). The summed E-state index contributed by atoms with van der Waals surface area (Å²) in [5.74, 6) is -6.77. The van der Waals surface area contributed by atoms with Gasteiger partial charge in [-0.05, 0) is 0 Å². The molecule has 0 aliphatic rings. The highest BCUT2D eigenvalue weighted by Gasteiger charge is 2.76. The minimum Gasteiger partial charge on any atom is -0.209 e. The standard InChI is InChI=1S/C8H4F12/c9-3(10)5(4(11)12,1-2-6(13,14)15)7(16,17)8(18,19)20/h1-4H. The summed E-state index contributed by atoms with van der Waals surface area (Å²) in [6, 6.07) is 0. The minimum absolute atomic E-state index is 1.51. The van der Waals surface area contributed by atoms with E-state index in [2.05, 4.69) is 0 Å². The first-order chi connectivity index (χ1) is 8.59. The Hall–Kier alpha value is -1.10. The van der Waals surface area contributed by atoms with Gasteiger partial charge in [-0.15, -0.1) is 0 Å². The largest absolute Gasteiger partial charge is 0.454 e. The molecule has 0 aromatic rings. The van der Waals surface area contributed by atoms with Crippen LogP contribution in [-0.2, 0) is 0 Å². The highest BCUT2D eigenvalue weighted by Crippen LogP contribution is 2.55. The van der Waals surface area contributed by atoms with Gasteiger partial charge in [0.2, 0.25) is 0 Å². The monoisotopic (exact) mass is 328 g/mol. The van der Waals surface area contributed by atoms with Crippen LogP contribution in [0.4, 0.5) is 52.7 Å². The van der Waals surface area contributed by atoms with Crippen LogP contribution in [0.15, 0.2) is 12.2 Å². The van der Waals surface area contributed by atoms with E-state index in [4.69, 9.17) is 0 Å². The number of hydrogen-bond donors (Lipinski definition) is 0. The molecule has 0 heterocycles. The quantitative estimate of drug-likeness (QED) is 0.513. The number of rotatable bonds is 4. The molecule has 12 heteroatoms. The van der Waals surface area contributed by atoms with Gasteiger partial charge in [0, 0.05) is 6.08 Å². The molecule has 0 fully saturated rings. The van der Waals surface area contributed by atoms with E-state index in [-0.39, 0.29) is 0 Å². The van der Waals surface area contributed by atoms with E-state index in [0.29, 0.717) is 0 Å². The van der Waals surface area contributed by atoms with E-state index in [1.807, 2.05) is 0 Å². The fourth-order valence-electron chi connectivity index (χ4n) is 1.10. The van der Waals surface area contributed by atoms with Crippen molar-refractivity contribution in [3.63, 3.8) is 0 Å². The Labute approximate surface area is 103 Å². The summed E-state index contributed by atoms with van der Waals surface area (Å²) in [6.07, 6.45) is -25.8. The lowest BCUT2D eigenvalue weighted by Gasteiger charge is -2.37. The molecule has 120 valence electrons. The third-order valence-corrected chi connectivity index (χ3v) is 2.17. The Morgan fingerprint density at radius 1 is 0.600 bits per heavy atom. The SMILES string of the molecule is FC(F)C(C=CC(F)(F)F)(C(F)F)C(F)(F)C(F)(F)F. The first kappa shape index (κ1) is 18.9. The summed E-state index contributed by atoms with van der Waals surface area (Å²) in [7, 11) is 0. The summed E-state index contributed by atoms with van der Waals surface area (Å²) in [4.78, 5) is 0. The minimum atomic E-state index is -6.89. The van der Waals surface area contributed by atoms with Crippen LogP contribution in [0.5, 0.6) is 0 Å². The smallest absolute Gasteiger partial charge is 0.209 e. The summed E-state index contributed by atoms with van der Waals surface area (Å²) < 4.78 is 146. The molecule has 0 aliphatic carbocycles. The van der Waals surface area contributed by atoms with Crippen molar-refractivity contribution >= 4 is 0 Å². The van der Waals surface area contributed by atoms with Crippen LogP contribution >= 0.6 is 0 Å². The van der Waals surface area contributed by atoms with Crippen LogP contribution in [-0.4, -0.2) is 31.1 Å². The average molecular weight is 328 g/mol. The highest BCUT2D eigenvalue weighted by atomic mass is 19.4. The fraction of sp³-hybridized carbons (Fsp3) is 0.750. The normalized spacial score (nSPS) is 15.7.